The second-order valence-electron chi connectivity index (χ2n) is 5.82. The predicted octanol–water partition coefficient (Wildman–Crippen LogP) is 2.21. The first-order chi connectivity index (χ1) is 11.2. The summed E-state index contributed by atoms with van der Waals surface area (Å²) in [4.78, 5) is 28.8. The Labute approximate surface area is 138 Å². The number of nitrogens with one attached hydrogen (secondary N) is 1. The third-order valence-corrected chi connectivity index (χ3v) is 5.24. The van der Waals surface area contributed by atoms with Gasteiger partial charge in [0.05, 0.1) is 11.3 Å². The number of hydrogen-bond donors (Lipinski definition) is 1. The molecule has 0 spiro atoms. The van der Waals surface area contributed by atoms with Crippen LogP contribution in [0.15, 0.2) is 35.7 Å². The highest BCUT2D eigenvalue weighted by molar-refractivity contribution is 7.12. The van der Waals surface area contributed by atoms with Gasteiger partial charge in [0.25, 0.3) is 5.91 Å². The van der Waals surface area contributed by atoms with Gasteiger partial charge in [-0.25, -0.2) is 0 Å². The Morgan fingerprint density at radius 2 is 1.96 bits per heavy atom. The molecule has 1 saturated heterocycles. The summed E-state index contributed by atoms with van der Waals surface area (Å²) in [5.41, 5.74) is 3.11. The Balaban J connectivity index is 1.43. The largest absolute Gasteiger partial charge is 0.368 e. The van der Waals surface area contributed by atoms with E-state index in [2.05, 4.69) is 16.3 Å². The zero-order valence-corrected chi connectivity index (χ0v) is 13.4. The molecule has 1 aromatic carbocycles. The second kappa shape index (κ2) is 5.70. The first-order valence-corrected chi connectivity index (χ1v) is 8.59. The lowest BCUT2D eigenvalue weighted by Crippen LogP contribution is -2.48. The molecule has 2 aliphatic heterocycles. The first-order valence-electron chi connectivity index (χ1n) is 7.71. The van der Waals surface area contributed by atoms with Gasteiger partial charge in [-0.05, 0) is 35.2 Å². The van der Waals surface area contributed by atoms with Crippen molar-refractivity contribution >= 4 is 34.5 Å². The number of hydrogen-bond acceptors (Lipinski definition) is 4. The molecule has 1 N–H and O–H groups in total. The summed E-state index contributed by atoms with van der Waals surface area (Å²) in [6.07, 6.45) is 0.458. The fraction of sp³-hybridized carbons (Fsp3) is 0.294. The molecule has 1 fully saturated rings. The number of piperazine rings is 1. The molecule has 4 rings (SSSR count). The molecule has 1 aromatic heterocycles. The summed E-state index contributed by atoms with van der Waals surface area (Å²) in [6, 6.07) is 9.89. The highest BCUT2D eigenvalue weighted by Gasteiger charge is 2.24. The molecule has 2 aromatic rings. The molecular formula is C17H17N3O2S. The minimum atomic E-state index is 0.0588. The number of carbonyl (C=O) groups is 2. The molecule has 118 valence electrons. The minimum Gasteiger partial charge on any atom is -0.368 e. The molecule has 0 radical (unpaired) electrons. The van der Waals surface area contributed by atoms with Crippen molar-refractivity contribution in [3.8, 4) is 0 Å². The topological polar surface area (TPSA) is 52.7 Å². The molecule has 2 aliphatic rings. The highest BCUT2D eigenvalue weighted by atomic mass is 32.1. The SMILES string of the molecule is O=C1Cc2cc(N3CCN(C(=O)c4cccs4)CC3)ccc2N1. The lowest BCUT2D eigenvalue weighted by molar-refractivity contribution is -0.115. The summed E-state index contributed by atoms with van der Waals surface area (Å²) in [7, 11) is 0. The maximum absolute atomic E-state index is 12.4. The van der Waals surface area contributed by atoms with Crippen LogP contribution in [0, 0.1) is 0 Å². The van der Waals surface area contributed by atoms with Crippen LogP contribution < -0.4 is 10.2 Å². The van der Waals surface area contributed by atoms with E-state index >= 15 is 0 Å². The van der Waals surface area contributed by atoms with Crippen LogP contribution in [0.2, 0.25) is 0 Å². The van der Waals surface area contributed by atoms with E-state index in [1.807, 2.05) is 34.5 Å². The van der Waals surface area contributed by atoms with Gasteiger partial charge in [0.1, 0.15) is 0 Å². The van der Waals surface area contributed by atoms with Crippen LogP contribution >= 0.6 is 11.3 Å². The van der Waals surface area contributed by atoms with Crippen molar-refractivity contribution in [3.63, 3.8) is 0 Å². The van der Waals surface area contributed by atoms with Gasteiger partial charge in [-0.1, -0.05) is 6.07 Å². The summed E-state index contributed by atoms with van der Waals surface area (Å²) in [6.45, 7) is 3.09. The van der Waals surface area contributed by atoms with E-state index in [1.54, 1.807) is 0 Å². The third-order valence-electron chi connectivity index (χ3n) is 4.38. The molecule has 0 saturated carbocycles. The third kappa shape index (κ3) is 2.70. The van der Waals surface area contributed by atoms with Gasteiger partial charge in [0.2, 0.25) is 5.91 Å². The summed E-state index contributed by atoms with van der Waals surface area (Å²) < 4.78 is 0. The lowest BCUT2D eigenvalue weighted by Gasteiger charge is -2.36. The number of benzene rings is 1. The number of anilines is 2. The Kier molecular flexibility index (Phi) is 3.53. The van der Waals surface area contributed by atoms with Gasteiger partial charge in [0.15, 0.2) is 0 Å². The van der Waals surface area contributed by atoms with Gasteiger partial charge in [0, 0.05) is 37.6 Å². The van der Waals surface area contributed by atoms with E-state index in [1.165, 1.54) is 11.3 Å². The number of thiophene rings is 1. The standard InChI is InChI=1S/C17H17N3O2S/c21-16-11-12-10-13(3-4-14(12)18-16)19-5-7-20(8-6-19)17(22)15-2-1-9-23-15/h1-4,9-10H,5-8,11H2,(H,18,21). The smallest absolute Gasteiger partial charge is 0.264 e. The average molecular weight is 327 g/mol. The molecule has 2 amide bonds. The number of amides is 2. The molecule has 5 nitrogen and oxygen atoms in total. The van der Waals surface area contributed by atoms with Crippen LogP contribution in [-0.2, 0) is 11.2 Å². The Morgan fingerprint density at radius 3 is 2.70 bits per heavy atom. The van der Waals surface area contributed by atoms with Crippen molar-refractivity contribution in [3.05, 3.63) is 46.2 Å². The normalized spacial score (nSPS) is 17.1. The molecular weight excluding hydrogens is 310 g/mol. The van der Waals surface area contributed by atoms with Crippen LogP contribution in [0.25, 0.3) is 0 Å². The predicted molar refractivity (Wildman–Crippen MR) is 91.2 cm³/mol. The first kappa shape index (κ1) is 14.3. The summed E-state index contributed by atoms with van der Waals surface area (Å²) in [5.74, 6) is 0.187. The van der Waals surface area contributed by atoms with Gasteiger partial charge in [-0.15, -0.1) is 11.3 Å². The molecule has 0 bridgehead atoms. The molecule has 6 heteroatoms. The van der Waals surface area contributed by atoms with E-state index in [4.69, 9.17) is 0 Å². The van der Waals surface area contributed by atoms with E-state index in [0.717, 1.165) is 48.0 Å². The van der Waals surface area contributed by atoms with Gasteiger partial charge in [-0.2, -0.15) is 0 Å². The zero-order valence-electron chi connectivity index (χ0n) is 12.6. The average Bonchev–Trinajstić information content (AvgIpc) is 3.22. The molecule has 3 heterocycles. The fourth-order valence-electron chi connectivity index (χ4n) is 3.14. The quantitative estimate of drug-likeness (QED) is 0.920. The lowest BCUT2D eigenvalue weighted by atomic mass is 10.1. The van der Waals surface area contributed by atoms with Gasteiger partial charge in [-0.3, -0.25) is 9.59 Å². The van der Waals surface area contributed by atoms with E-state index in [-0.39, 0.29) is 11.8 Å². The van der Waals surface area contributed by atoms with Crippen molar-refractivity contribution in [1.82, 2.24) is 4.90 Å². The summed E-state index contributed by atoms with van der Waals surface area (Å²) >= 11 is 1.49. The minimum absolute atomic E-state index is 0.0588. The maximum Gasteiger partial charge on any atom is 0.264 e. The number of fused-ring (bicyclic) bond motifs is 1. The van der Waals surface area contributed by atoms with Crippen molar-refractivity contribution in [2.45, 2.75) is 6.42 Å². The van der Waals surface area contributed by atoms with Crippen LogP contribution in [0.1, 0.15) is 15.2 Å². The van der Waals surface area contributed by atoms with E-state index < -0.39 is 0 Å². The van der Waals surface area contributed by atoms with Gasteiger partial charge >= 0.3 is 0 Å². The van der Waals surface area contributed by atoms with Crippen LogP contribution in [0.3, 0.4) is 0 Å². The Hall–Kier alpha value is -2.34. The van der Waals surface area contributed by atoms with Crippen molar-refractivity contribution in [1.29, 1.82) is 0 Å². The molecule has 0 unspecified atom stereocenters. The van der Waals surface area contributed by atoms with Gasteiger partial charge < -0.3 is 15.1 Å². The van der Waals surface area contributed by atoms with E-state index in [0.29, 0.717) is 6.42 Å². The van der Waals surface area contributed by atoms with Crippen LogP contribution in [0.4, 0.5) is 11.4 Å². The number of rotatable bonds is 2. The Bertz CT molecular complexity index is 749. The second-order valence-corrected chi connectivity index (χ2v) is 6.77. The Morgan fingerprint density at radius 1 is 1.13 bits per heavy atom. The van der Waals surface area contributed by atoms with Crippen molar-refractivity contribution in [2.24, 2.45) is 0 Å². The van der Waals surface area contributed by atoms with Crippen LogP contribution in [-0.4, -0.2) is 42.9 Å². The molecule has 0 aliphatic carbocycles. The van der Waals surface area contributed by atoms with E-state index in [9.17, 15) is 9.59 Å². The van der Waals surface area contributed by atoms with Crippen molar-refractivity contribution in [2.75, 3.05) is 36.4 Å². The van der Waals surface area contributed by atoms with Crippen molar-refractivity contribution < 1.29 is 9.59 Å². The fourth-order valence-corrected chi connectivity index (χ4v) is 3.83. The molecule has 23 heavy (non-hydrogen) atoms. The number of nitrogens with zero attached hydrogens (tertiary/aromatic N) is 2. The summed E-state index contributed by atoms with van der Waals surface area (Å²) in [5, 5.41) is 4.79. The number of carbonyl (C=O) groups excluding carboxylic acids is 2. The maximum atomic E-state index is 12.4. The zero-order chi connectivity index (χ0) is 15.8. The van der Waals surface area contributed by atoms with Crippen LogP contribution in [0.5, 0.6) is 0 Å². The molecule has 0 atom stereocenters. The monoisotopic (exact) mass is 327 g/mol. The highest BCUT2D eigenvalue weighted by Crippen LogP contribution is 2.28.